The molecule has 0 aromatic heterocycles. The smallest absolute Gasteiger partial charge is 0.240 e. The van der Waals surface area contributed by atoms with Crippen LogP contribution in [0.25, 0.3) is 0 Å². The van der Waals surface area contributed by atoms with Crippen molar-refractivity contribution in [2.24, 2.45) is 0 Å². The quantitative estimate of drug-likeness (QED) is 0.621. The van der Waals surface area contributed by atoms with Gasteiger partial charge in [0.05, 0.1) is 11.0 Å². The molecule has 3 aromatic rings. The van der Waals surface area contributed by atoms with Gasteiger partial charge in [-0.1, -0.05) is 48.0 Å². The lowest BCUT2D eigenvalue weighted by atomic mass is 10.1. The summed E-state index contributed by atoms with van der Waals surface area (Å²) in [5.41, 5.74) is 0.466. The summed E-state index contributed by atoms with van der Waals surface area (Å²) in [5.74, 6) is 1.19. The molecule has 5 nitrogen and oxygen atoms in total. The molecule has 140 valence electrons. The number of rotatable bonds is 7. The average molecular weight is 404 g/mol. The van der Waals surface area contributed by atoms with Crippen molar-refractivity contribution < 1.29 is 18.3 Å². The highest BCUT2D eigenvalue weighted by Crippen LogP contribution is 2.24. The van der Waals surface area contributed by atoms with Gasteiger partial charge in [0, 0.05) is 17.1 Å². The summed E-state index contributed by atoms with van der Waals surface area (Å²) in [5, 5.41) is 10.6. The molecule has 0 aliphatic rings. The van der Waals surface area contributed by atoms with Crippen LogP contribution in [-0.2, 0) is 10.0 Å². The molecule has 3 aromatic carbocycles. The molecule has 1 atom stereocenters. The van der Waals surface area contributed by atoms with Crippen LogP contribution in [0.15, 0.2) is 83.8 Å². The second-order valence-corrected chi connectivity index (χ2v) is 7.95. The van der Waals surface area contributed by atoms with Gasteiger partial charge in [-0.15, -0.1) is 0 Å². The topological polar surface area (TPSA) is 75.6 Å². The first-order valence-electron chi connectivity index (χ1n) is 8.21. The lowest BCUT2D eigenvalue weighted by molar-refractivity contribution is 0.182. The van der Waals surface area contributed by atoms with E-state index in [-0.39, 0.29) is 11.4 Å². The van der Waals surface area contributed by atoms with Gasteiger partial charge in [-0.3, -0.25) is 0 Å². The third-order valence-electron chi connectivity index (χ3n) is 3.84. The Bertz CT molecular complexity index is 992. The Balaban J connectivity index is 1.65. The van der Waals surface area contributed by atoms with Gasteiger partial charge >= 0.3 is 0 Å². The van der Waals surface area contributed by atoms with Crippen LogP contribution in [0.3, 0.4) is 0 Å². The lowest BCUT2D eigenvalue weighted by Crippen LogP contribution is -2.28. The van der Waals surface area contributed by atoms with E-state index in [4.69, 9.17) is 16.3 Å². The highest BCUT2D eigenvalue weighted by Gasteiger charge is 2.18. The number of halogens is 1. The van der Waals surface area contributed by atoms with Crippen LogP contribution in [0.2, 0.25) is 5.02 Å². The maximum atomic E-state index is 12.4. The first-order valence-corrected chi connectivity index (χ1v) is 10.1. The van der Waals surface area contributed by atoms with Crippen LogP contribution < -0.4 is 9.46 Å². The monoisotopic (exact) mass is 403 g/mol. The second-order valence-electron chi connectivity index (χ2n) is 5.78. The summed E-state index contributed by atoms with van der Waals surface area (Å²) in [4.78, 5) is 0.0780. The number of sulfonamides is 1. The molecule has 0 radical (unpaired) electrons. The Morgan fingerprint density at radius 1 is 0.889 bits per heavy atom. The van der Waals surface area contributed by atoms with E-state index in [9.17, 15) is 13.5 Å². The largest absolute Gasteiger partial charge is 0.457 e. The van der Waals surface area contributed by atoms with Crippen molar-refractivity contribution in [3.63, 3.8) is 0 Å². The molecule has 27 heavy (non-hydrogen) atoms. The third kappa shape index (κ3) is 5.08. The van der Waals surface area contributed by atoms with Crippen LogP contribution in [0.5, 0.6) is 11.5 Å². The zero-order chi connectivity index (χ0) is 19.3. The number of aliphatic hydroxyl groups is 1. The number of hydrogen-bond acceptors (Lipinski definition) is 4. The zero-order valence-corrected chi connectivity index (χ0v) is 15.8. The van der Waals surface area contributed by atoms with Crippen molar-refractivity contribution >= 4 is 21.6 Å². The summed E-state index contributed by atoms with van der Waals surface area (Å²) in [7, 11) is -3.77. The SMILES string of the molecule is O=S(=O)(NC[C@H](O)c1ccccc1Cl)c1ccc(Oc2ccccc2)cc1. The molecular weight excluding hydrogens is 386 g/mol. The van der Waals surface area contributed by atoms with Crippen LogP contribution in [0.1, 0.15) is 11.7 Å². The van der Waals surface area contributed by atoms with E-state index in [1.54, 1.807) is 36.4 Å². The van der Waals surface area contributed by atoms with E-state index in [1.165, 1.54) is 12.1 Å². The molecule has 7 heteroatoms. The van der Waals surface area contributed by atoms with Gasteiger partial charge in [-0.05, 0) is 42.5 Å². The van der Waals surface area contributed by atoms with Gasteiger partial charge in [-0.25, -0.2) is 13.1 Å². The summed E-state index contributed by atoms with van der Waals surface area (Å²) in [6, 6.07) is 22.0. The molecule has 0 fully saturated rings. The maximum absolute atomic E-state index is 12.4. The van der Waals surface area contributed by atoms with Crippen molar-refractivity contribution in [3.05, 3.63) is 89.4 Å². The van der Waals surface area contributed by atoms with Crippen LogP contribution in [-0.4, -0.2) is 20.1 Å². The molecule has 0 amide bonds. The van der Waals surface area contributed by atoms with Gasteiger partial charge in [0.15, 0.2) is 0 Å². The van der Waals surface area contributed by atoms with Crippen LogP contribution in [0.4, 0.5) is 0 Å². The fourth-order valence-corrected chi connectivity index (χ4v) is 3.74. The molecule has 0 unspecified atom stereocenters. The van der Waals surface area contributed by atoms with E-state index >= 15 is 0 Å². The molecule has 0 spiro atoms. The zero-order valence-electron chi connectivity index (χ0n) is 14.2. The molecule has 0 aliphatic heterocycles. The van der Waals surface area contributed by atoms with Crippen molar-refractivity contribution in [3.8, 4) is 11.5 Å². The Morgan fingerprint density at radius 2 is 1.48 bits per heavy atom. The first kappa shape index (κ1) is 19.4. The van der Waals surface area contributed by atoms with E-state index in [1.807, 2.05) is 30.3 Å². The van der Waals surface area contributed by atoms with E-state index in [0.29, 0.717) is 22.1 Å². The number of hydrogen-bond donors (Lipinski definition) is 2. The summed E-state index contributed by atoms with van der Waals surface area (Å²) in [6.45, 7) is -0.186. The minimum atomic E-state index is -3.77. The number of nitrogens with one attached hydrogen (secondary N) is 1. The summed E-state index contributed by atoms with van der Waals surface area (Å²) < 4.78 is 32.9. The van der Waals surface area contributed by atoms with Crippen molar-refractivity contribution in [1.82, 2.24) is 4.72 Å². The van der Waals surface area contributed by atoms with E-state index < -0.39 is 16.1 Å². The molecule has 0 aliphatic carbocycles. The minimum absolute atomic E-state index is 0.0780. The van der Waals surface area contributed by atoms with Crippen molar-refractivity contribution in [2.45, 2.75) is 11.0 Å². The standard InChI is InChI=1S/C20H18ClNO4S/c21-19-9-5-4-8-18(19)20(23)14-22-27(24,25)17-12-10-16(11-13-17)26-15-6-2-1-3-7-15/h1-13,20,22-23H,14H2/t20-/m0/s1. The minimum Gasteiger partial charge on any atom is -0.457 e. The number of para-hydroxylation sites is 1. The molecule has 0 heterocycles. The van der Waals surface area contributed by atoms with E-state index in [0.717, 1.165) is 0 Å². The van der Waals surface area contributed by atoms with Crippen molar-refractivity contribution in [2.75, 3.05) is 6.54 Å². The fraction of sp³-hybridized carbons (Fsp3) is 0.100. The number of aliphatic hydroxyl groups excluding tert-OH is 1. The summed E-state index contributed by atoms with van der Waals surface area (Å²) in [6.07, 6.45) is -1.05. The highest BCUT2D eigenvalue weighted by molar-refractivity contribution is 7.89. The number of ether oxygens (including phenoxy) is 1. The molecule has 0 bridgehead atoms. The first-order chi connectivity index (χ1) is 13.0. The molecular formula is C20H18ClNO4S. The second kappa shape index (κ2) is 8.54. The normalized spacial score (nSPS) is 12.5. The molecule has 3 rings (SSSR count). The lowest BCUT2D eigenvalue weighted by Gasteiger charge is -2.14. The molecule has 0 saturated heterocycles. The van der Waals surface area contributed by atoms with Gasteiger partial charge in [-0.2, -0.15) is 0 Å². The van der Waals surface area contributed by atoms with Crippen LogP contribution in [0, 0.1) is 0 Å². The van der Waals surface area contributed by atoms with Gasteiger partial charge in [0.25, 0.3) is 0 Å². The Labute approximate surface area is 163 Å². The fourth-order valence-electron chi connectivity index (χ4n) is 2.44. The number of benzene rings is 3. The highest BCUT2D eigenvalue weighted by atomic mass is 35.5. The summed E-state index contributed by atoms with van der Waals surface area (Å²) >= 11 is 6.02. The molecule has 2 N–H and O–H groups in total. The van der Waals surface area contributed by atoms with Crippen molar-refractivity contribution in [1.29, 1.82) is 0 Å². The Kier molecular flexibility index (Phi) is 6.13. The van der Waals surface area contributed by atoms with Crippen LogP contribution >= 0.6 is 11.6 Å². The average Bonchev–Trinajstić information content (AvgIpc) is 2.68. The van der Waals surface area contributed by atoms with Gasteiger partial charge in [0.2, 0.25) is 10.0 Å². The third-order valence-corrected chi connectivity index (χ3v) is 5.63. The predicted octanol–water partition coefficient (Wildman–Crippen LogP) is 4.14. The molecule has 0 saturated carbocycles. The van der Waals surface area contributed by atoms with Gasteiger partial charge in [0.1, 0.15) is 11.5 Å². The van der Waals surface area contributed by atoms with Gasteiger partial charge < -0.3 is 9.84 Å². The Hall–Kier alpha value is -2.38. The predicted molar refractivity (Wildman–Crippen MR) is 105 cm³/mol. The van der Waals surface area contributed by atoms with E-state index in [2.05, 4.69) is 4.72 Å². The maximum Gasteiger partial charge on any atom is 0.240 e. The Morgan fingerprint density at radius 3 is 2.15 bits per heavy atom.